The third kappa shape index (κ3) is 2.23. The van der Waals surface area contributed by atoms with E-state index in [1.54, 1.807) is 0 Å². The summed E-state index contributed by atoms with van der Waals surface area (Å²) in [5.41, 5.74) is 2.60. The number of ether oxygens (including phenoxy) is 1. The maximum Gasteiger partial charge on any atom is 0.132 e. The highest BCUT2D eigenvalue weighted by Gasteiger charge is 2.24. The van der Waals surface area contributed by atoms with Gasteiger partial charge >= 0.3 is 0 Å². The Hall–Kier alpha value is -0.830. The molecule has 3 nitrogen and oxygen atoms in total. The average Bonchev–Trinajstić information content (AvgIpc) is 2.57. The maximum absolute atomic E-state index is 5.37. The summed E-state index contributed by atoms with van der Waals surface area (Å²) in [5.74, 6) is 2.35. The van der Waals surface area contributed by atoms with Crippen molar-refractivity contribution in [3.05, 3.63) is 17.2 Å². The van der Waals surface area contributed by atoms with Crippen molar-refractivity contribution in [2.24, 2.45) is 5.92 Å². The first-order chi connectivity index (χ1) is 7.20. The molecule has 2 rings (SSSR count). The minimum Gasteiger partial charge on any atom is -0.374 e. The first-order valence-corrected chi connectivity index (χ1v) is 5.86. The molecular weight excluding hydrogens is 188 g/mol. The second kappa shape index (κ2) is 4.35. The van der Waals surface area contributed by atoms with Crippen LogP contribution in [0, 0.1) is 5.92 Å². The zero-order valence-electron chi connectivity index (χ0n) is 9.84. The molecule has 1 aliphatic rings. The highest BCUT2D eigenvalue weighted by atomic mass is 16.5. The van der Waals surface area contributed by atoms with Gasteiger partial charge in [0.15, 0.2) is 0 Å². The van der Waals surface area contributed by atoms with E-state index in [0.29, 0.717) is 12.5 Å². The second-order valence-electron chi connectivity index (χ2n) is 4.63. The van der Waals surface area contributed by atoms with Crippen LogP contribution in [0.25, 0.3) is 0 Å². The summed E-state index contributed by atoms with van der Waals surface area (Å²) >= 11 is 0. The average molecular weight is 208 g/mol. The lowest BCUT2D eigenvalue weighted by Crippen LogP contribution is -2.14. The van der Waals surface area contributed by atoms with Crippen LogP contribution in [0.3, 0.4) is 0 Å². The van der Waals surface area contributed by atoms with Gasteiger partial charge in [0.05, 0.1) is 5.69 Å². The van der Waals surface area contributed by atoms with Crippen LogP contribution in [-0.2, 0) is 17.8 Å². The number of aromatic nitrogens is 2. The van der Waals surface area contributed by atoms with Crippen LogP contribution in [0.2, 0.25) is 0 Å². The van der Waals surface area contributed by atoms with Gasteiger partial charge in [0.25, 0.3) is 0 Å². The highest BCUT2D eigenvalue weighted by molar-refractivity contribution is 5.22. The maximum atomic E-state index is 5.37. The normalized spacial score (nSPS) is 25.3. The van der Waals surface area contributed by atoms with E-state index in [1.165, 1.54) is 17.8 Å². The largest absolute Gasteiger partial charge is 0.374 e. The highest BCUT2D eigenvalue weighted by Crippen LogP contribution is 2.32. The smallest absolute Gasteiger partial charge is 0.132 e. The minimum atomic E-state index is 0.593. The number of nitrogens with one attached hydrogen (secondary N) is 1. The number of hydrogen-bond donors (Lipinski definition) is 1. The van der Waals surface area contributed by atoms with Crippen molar-refractivity contribution in [3.8, 4) is 0 Å². The first-order valence-electron chi connectivity index (χ1n) is 5.86. The van der Waals surface area contributed by atoms with E-state index in [1.807, 2.05) is 6.92 Å². The fraction of sp³-hybridized carbons (Fsp3) is 0.750. The van der Waals surface area contributed by atoms with E-state index in [4.69, 9.17) is 4.74 Å². The summed E-state index contributed by atoms with van der Waals surface area (Å²) in [4.78, 5) is 8.02. The van der Waals surface area contributed by atoms with Crippen LogP contribution < -0.4 is 0 Å². The number of nitrogens with zero attached hydrogens (tertiary/aromatic N) is 1. The van der Waals surface area contributed by atoms with Crippen LogP contribution in [-0.4, -0.2) is 16.6 Å². The number of aromatic amines is 1. The van der Waals surface area contributed by atoms with Crippen LogP contribution >= 0.6 is 0 Å². The van der Waals surface area contributed by atoms with E-state index in [9.17, 15) is 0 Å². The zero-order valence-corrected chi connectivity index (χ0v) is 9.84. The summed E-state index contributed by atoms with van der Waals surface area (Å²) < 4.78 is 5.37. The van der Waals surface area contributed by atoms with Gasteiger partial charge in [0.2, 0.25) is 0 Å². The lowest BCUT2D eigenvalue weighted by atomic mass is 9.84. The molecule has 0 saturated carbocycles. The summed E-state index contributed by atoms with van der Waals surface area (Å²) in [6.07, 6.45) is 2.39. The number of H-pyrrole nitrogens is 1. The Morgan fingerprint density at radius 2 is 2.27 bits per heavy atom. The molecule has 0 spiro atoms. The van der Waals surface area contributed by atoms with Crippen molar-refractivity contribution in [3.63, 3.8) is 0 Å². The molecule has 1 N–H and O–H groups in total. The van der Waals surface area contributed by atoms with Crippen LogP contribution in [0.5, 0.6) is 0 Å². The van der Waals surface area contributed by atoms with Crippen LogP contribution in [0.15, 0.2) is 0 Å². The van der Waals surface area contributed by atoms with E-state index < -0.39 is 0 Å². The molecular formula is C12H20N2O. The van der Waals surface area contributed by atoms with Gasteiger partial charge in [0, 0.05) is 18.2 Å². The Labute approximate surface area is 91.3 Å². The number of hydrogen-bond acceptors (Lipinski definition) is 2. The Morgan fingerprint density at radius 1 is 1.47 bits per heavy atom. The van der Waals surface area contributed by atoms with Gasteiger partial charge < -0.3 is 9.72 Å². The molecule has 0 aliphatic heterocycles. The van der Waals surface area contributed by atoms with Crippen LogP contribution in [0.1, 0.15) is 50.3 Å². The Morgan fingerprint density at radius 3 is 3.00 bits per heavy atom. The van der Waals surface area contributed by atoms with Gasteiger partial charge in [-0.1, -0.05) is 13.8 Å². The summed E-state index contributed by atoms with van der Waals surface area (Å²) in [7, 11) is 0. The van der Waals surface area contributed by atoms with Crippen LogP contribution in [0.4, 0.5) is 0 Å². The molecule has 1 aliphatic carbocycles. The number of rotatable bonds is 3. The molecule has 15 heavy (non-hydrogen) atoms. The molecule has 0 amide bonds. The molecule has 1 heterocycles. The molecule has 2 unspecified atom stereocenters. The molecule has 2 atom stereocenters. The van der Waals surface area contributed by atoms with Crippen molar-refractivity contribution < 1.29 is 4.74 Å². The van der Waals surface area contributed by atoms with Crippen molar-refractivity contribution >= 4 is 0 Å². The molecule has 0 aromatic carbocycles. The molecule has 0 fully saturated rings. The van der Waals surface area contributed by atoms with E-state index >= 15 is 0 Å². The molecule has 0 saturated heterocycles. The fourth-order valence-electron chi connectivity index (χ4n) is 2.46. The molecule has 1 aromatic rings. The molecule has 3 heteroatoms. The van der Waals surface area contributed by atoms with Gasteiger partial charge in [-0.2, -0.15) is 0 Å². The number of fused-ring (bicyclic) bond motifs is 1. The molecule has 84 valence electrons. The molecule has 0 radical (unpaired) electrons. The Bertz CT molecular complexity index is 332. The Balaban J connectivity index is 2.15. The second-order valence-corrected chi connectivity index (χ2v) is 4.63. The lowest BCUT2D eigenvalue weighted by molar-refractivity contribution is 0.128. The monoisotopic (exact) mass is 208 g/mol. The van der Waals surface area contributed by atoms with E-state index in [0.717, 1.165) is 24.8 Å². The number of imidazole rings is 1. The Kier molecular flexibility index (Phi) is 3.10. The SMILES string of the molecule is CCOCc1nc2c([nH]1)CC(C)CC2C. The first kappa shape index (κ1) is 10.7. The summed E-state index contributed by atoms with van der Waals surface area (Å²) in [5, 5.41) is 0. The van der Waals surface area contributed by atoms with Gasteiger partial charge in [-0.3, -0.25) is 0 Å². The van der Waals surface area contributed by atoms with Gasteiger partial charge in [0.1, 0.15) is 12.4 Å². The quantitative estimate of drug-likeness (QED) is 0.829. The molecule has 1 aromatic heterocycles. The fourth-order valence-corrected chi connectivity index (χ4v) is 2.46. The topological polar surface area (TPSA) is 37.9 Å². The van der Waals surface area contributed by atoms with Gasteiger partial charge in [-0.25, -0.2) is 4.98 Å². The van der Waals surface area contributed by atoms with Crippen molar-refractivity contribution in [1.29, 1.82) is 0 Å². The van der Waals surface area contributed by atoms with Crippen molar-refractivity contribution in [1.82, 2.24) is 9.97 Å². The summed E-state index contributed by atoms with van der Waals surface area (Å²) in [6, 6.07) is 0. The minimum absolute atomic E-state index is 0.593. The van der Waals surface area contributed by atoms with Gasteiger partial charge in [-0.15, -0.1) is 0 Å². The predicted octanol–water partition coefficient (Wildman–Crippen LogP) is 2.63. The third-order valence-corrected chi connectivity index (χ3v) is 3.08. The lowest BCUT2D eigenvalue weighted by Gasteiger charge is -2.22. The summed E-state index contributed by atoms with van der Waals surface area (Å²) in [6.45, 7) is 7.94. The van der Waals surface area contributed by atoms with Crippen molar-refractivity contribution in [2.75, 3.05) is 6.61 Å². The van der Waals surface area contributed by atoms with E-state index in [-0.39, 0.29) is 0 Å². The van der Waals surface area contributed by atoms with E-state index in [2.05, 4.69) is 23.8 Å². The standard InChI is InChI=1S/C12H20N2O/c1-4-15-7-11-13-10-6-8(2)5-9(3)12(10)14-11/h8-9H,4-7H2,1-3H3,(H,13,14). The zero-order chi connectivity index (χ0) is 10.8. The third-order valence-electron chi connectivity index (χ3n) is 3.08. The predicted molar refractivity (Wildman–Crippen MR) is 59.8 cm³/mol. The molecule has 0 bridgehead atoms. The van der Waals surface area contributed by atoms with Gasteiger partial charge in [-0.05, 0) is 25.7 Å². The van der Waals surface area contributed by atoms with Crippen molar-refractivity contribution in [2.45, 2.75) is 46.1 Å².